The van der Waals surface area contributed by atoms with Crippen LogP contribution in [0.1, 0.15) is 35.5 Å². The molecule has 1 aromatic carbocycles. The molecule has 0 saturated heterocycles. The number of rotatable bonds is 4. The number of aliphatic imine (C=N–C) groups is 1. The lowest BCUT2D eigenvalue weighted by atomic mass is 9.84. The van der Waals surface area contributed by atoms with Crippen molar-refractivity contribution in [2.75, 3.05) is 0 Å². The molecule has 0 unspecified atom stereocenters. The third-order valence-electron chi connectivity index (χ3n) is 4.55. The highest BCUT2D eigenvalue weighted by atomic mass is 32.2. The van der Waals surface area contributed by atoms with E-state index in [4.69, 9.17) is 5.73 Å². The molecular formula is C19H18F3N3OS. The maximum atomic E-state index is 14.9. The Morgan fingerprint density at radius 3 is 2.70 bits per heavy atom. The summed E-state index contributed by atoms with van der Waals surface area (Å²) < 4.78 is 42.4. The summed E-state index contributed by atoms with van der Waals surface area (Å²) in [4.78, 5) is 20.3. The first kappa shape index (κ1) is 19.4. The molecule has 2 heterocycles. The van der Waals surface area contributed by atoms with E-state index in [0.717, 1.165) is 24.0 Å². The zero-order valence-corrected chi connectivity index (χ0v) is 15.6. The van der Waals surface area contributed by atoms with Gasteiger partial charge in [0.15, 0.2) is 11.0 Å². The number of amidine groups is 1. The van der Waals surface area contributed by atoms with Crippen LogP contribution >= 0.6 is 11.8 Å². The summed E-state index contributed by atoms with van der Waals surface area (Å²) in [6, 6.07) is 6.50. The maximum absolute atomic E-state index is 14.9. The second kappa shape index (κ2) is 7.34. The zero-order chi connectivity index (χ0) is 19.8. The van der Waals surface area contributed by atoms with Crippen LogP contribution in [0.3, 0.4) is 0 Å². The number of carbonyl (C=O) groups is 1. The molecule has 1 aliphatic rings. The highest BCUT2D eigenvalue weighted by molar-refractivity contribution is 8.14. The molecule has 4 nitrogen and oxygen atoms in total. The van der Waals surface area contributed by atoms with Crippen LogP contribution in [0.15, 0.2) is 41.5 Å². The number of nitrogens with zero attached hydrogens (tertiary/aromatic N) is 2. The fraction of sp³-hybridized carbons (Fsp3) is 0.316. The van der Waals surface area contributed by atoms with Gasteiger partial charge in [-0.15, -0.1) is 0 Å². The predicted octanol–water partition coefficient (Wildman–Crippen LogP) is 3.79. The molecule has 27 heavy (non-hydrogen) atoms. The molecule has 8 heteroatoms. The molecule has 0 amide bonds. The lowest BCUT2D eigenvalue weighted by Crippen LogP contribution is -2.44. The van der Waals surface area contributed by atoms with Crippen LogP contribution in [0.4, 0.5) is 13.2 Å². The molecule has 2 aromatic rings. The number of pyridine rings is 1. The second-order valence-corrected chi connectivity index (χ2v) is 8.00. The summed E-state index contributed by atoms with van der Waals surface area (Å²) in [5, 5.41) is -0.295. The topological polar surface area (TPSA) is 68.3 Å². The number of hydrogen-bond acceptors (Lipinski definition) is 5. The Hall–Kier alpha value is -2.35. The summed E-state index contributed by atoms with van der Waals surface area (Å²) in [6.07, 6.45) is -0.576. The quantitative estimate of drug-likeness (QED) is 0.803. The smallest absolute Gasteiger partial charge is 0.185 e. The van der Waals surface area contributed by atoms with E-state index in [1.54, 1.807) is 6.92 Å². The van der Waals surface area contributed by atoms with Crippen molar-refractivity contribution in [3.63, 3.8) is 0 Å². The SMILES string of the molecule is C[C@H]1SC(N)=N[C@](C)(c2cc(CC(=O)c3ccc(F)cn3)ccc2F)[C@H]1F. The fourth-order valence-electron chi connectivity index (χ4n) is 3.12. The van der Waals surface area contributed by atoms with Gasteiger partial charge in [-0.3, -0.25) is 9.78 Å². The first-order chi connectivity index (χ1) is 12.7. The van der Waals surface area contributed by atoms with Gasteiger partial charge < -0.3 is 5.73 Å². The van der Waals surface area contributed by atoms with Crippen molar-refractivity contribution in [1.29, 1.82) is 0 Å². The highest BCUT2D eigenvalue weighted by Crippen LogP contribution is 2.42. The molecule has 3 atom stereocenters. The molecule has 3 rings (SSSR count). The van der Waals surface area contributed by atoms with Gasteiger partial charge >= 0.3 is 0 Å². The molecule has 1 aromatic heterocycles. The summed E-state index contributed by atoms with van der Waals surface area (Å²) in [5.41, 5.74) is 4.93. The normalized spacial score (nSPS) is 25.1. The van der Waals surface area contributed by atoms with Gasteiger partial charge in [0.25, 0.3) is 0 Å². The number of aromatic nitrogens is 1. The van der Waals surface area contributed by atoms with E-state index in [0.29, 0.717) is 5.56 Å². The van der Waals surface area contributed by atoms with Crippen molar-refractivity contribution in [3.8, 4) is 0 Å². The number of hydrogen-bond donors (Lipinski definition) is 1. The maximum Gasteiger partial charge on any atom is 0.185 e. The largest absolute Gasteiger partial charge is 0.379 e. The van der Waals surface area contributed by atoms with E-state index in [2.05, 4.69) is 9.98 Å². The number of alkyl halides is 1. The minimum atomic E-state index is -1.48. The number of Topliss-reactive ketones (excluding diaryl/α,β-unsaturated/α-hetero) is 1. The Morgan fingerprint density at radius 2 is 2.04 bits per heavy atom. The van der Waals surface area contributed by atoms with Crippen LogP contribution in [-0.2, 0) is 12.0 Å². The molecule has 0 spiro atoms. The first-order valence-corrected chi connectivity index (χ1v) is 9.18. The standard InChI is InChI=1S/C19H18F3N3OS/c1-10-17(22)19(2,25-18(23)27-10)13-7-11(3-5-14(13)21)8-16(26)15-6-4-12(20)9-24-15/h3-7,9-10,17H,8H2,1-2H3,(H2,23,25)/t10-,17+,19-/m1/s1. The minimum Gasteiger partial charge on any atom is -0.379 e. The van der Waals surface area contributed by atoms with E-state index in [1.165, 1.54) is 31.2 Å². The van der Waals surface area contributed by atoms with Crippen LogP contribution in [0.2, 0.25) is 0 Å². The summed E-state index contributed by atoms with van der Waals surface area (Å²) in [5.74, 6) is -1.52. The molecule has 0 fully saturated rings. The van der Waals surface area contributed by atoms with E-state index in [9.17, 15) is 18.0 Å². The average molecular weight is 393 g/mol. The number of halogens is 3. The van der Waals surface area contributed by atoms with Gasteiger partial charge in [0.1, 0.15) is 29.0 Å². The Kier molecular flexibility index (Phi) is 5.28. The number of thioether (sulfide) groups is 1. The number of benzene rings is 1. The average Bonchev–Trinajstić information content (AvgIpc) is 2.61. The van der Waals surface area contributed by atoms with Crippen molar-refractivity contribution in [1.82, 2.24) is 4.98 Å². The van der Waals surface area contributed by atoms with E-state index >= 15 is 0 Å². The van der Waals surface area contributed by atoms with Gasteiger partial charge in [-0.2, -0.15) is 0 Å². The van der Waals surface area contributed by atoms with E-state index < -0.39 is 28.6 Å². The lowest BCUT2D eigenvalue weighted by molar-refractivity contribution is 0.0988. The summed E-state index contributed by atoms with van der Waals surface area (Å²) in [7, 11) is 0. The molecule has 0 radical (unpaired) electrons. The molecule has 1 aliphatic heterocycles. The lowest BCUT2D eigenvalue weighted by Gasteiger charge is -2.37. The Morgan fingerprint density at radius 1 is 1.30 bits per heavy atom. The van der Waals surface area contributed by atoms with E-state index in [-0.39, 0.29) is 28.6 Å². The summed E-state index contributed by atoms with van der Waals surface area (Å²) in [6.45, 7) is 3.16. The van der Waals surface area contributed by atoms with Crippen LogP contribution < -0.4 is 5.73 Å². The third-order valence-corrected chi connectivity index (χ3v) is 5.50. The van der Waals surface area contributed by atoms with Crippen molar-refractivity contribution in [2.24, 2.45) is 10.7 Å². The van der Waals surface area contributed by atoms with Gasteiger partial charge in [0.2, 0.25) is 0 Å². The Labute approximate surface area is 159 Å². The highest BCUT2D eigenvalue weighted by Gasteiger charge is 2.45. The van der Waals surface area contributed by atoms with E-state index in [1.807, 2.05) is 0 Å². The van der Waals surface area contributed by atoms with Gasteiger partial charge in [-0.25, -0.2) is 18.2 Å². The van der Waals surface area contributed by atoms with Gasteiger partial charge in [-0.1, -0.05) is 17.8 Å². The van der Waals surface area contributed by atoms with Crippen molar-refractivity contribution >= 4 is 22.7 Å². The number of nitrogens with two attached hydrogens (primary N) is 1. The number of carbonyl (C=O) groups excluding carboxylic acids is 1. The Balaban J connectivity index is 1.94. The first-order valence-electron chi connectivity index (χ1n) is 8.30. The molecule has 0 bridgehead atoms. The molecule has 142 valence electrons. The molecule has 0 saturated carbocycles. The molecule has 0 aliphatic carbocycles. The van der Waals surface area contributed by atoms with Crippen molar-refractivity contribution in [2.45, 2.75) is 37.2 Å². The third kappa shape index (κ3) is 3.85. The summed E-state index contributed by atoms with van der Waals surface area (Å²) >= 11 is 1.10. The van der Waals surface area contributed by atoms with Crippen LogP contribution in [0.25, 0.3) is 0 Å². The van der Waals surface area contributed by atoms with Crippen LogP contribution in [0, 0.1) is 11.6 Å². The molecular weight excluding hydrogens is 375 g/mol. The van der Waals surface area contributed by atoms with Crippen molar-refractivity contribution in [3.05, 3.63) is 65.0 Å². The fourth-order valence-corrected chi connectivity index (χ4v) is 4.13. The second-order valence-electron chi connectivity index (χ2n) is 6.60. The van der Waals surface area contributed by atoms with Crippen molar-refractivity contribution < 1.29 is 18.0 Å². The van der Waals surface area contributed by atoms with Gasteiger partial charge in [-0.05, 0) is 43.7 Å². The molecule has 2 N–H and O–H groups in total. The number of ketones is 1. The van der Waals surface area contributed by atoms with Crippen LogP contribution in [-0.4, -0.2) is 27.4 Å². The van der Waals surface area contributed by atoms with Gasteiger partial charge in [0, 0.05) is 17.2 Å². The van der Waals surface area contributed by atoms with Crippen LogP contribution in [0.5, 0.6) is 0 Å². The minimum absolute atomic E-state index is 0.0439. The predicted molar refractivity (Wildman–Crippen MR) is 99.6 cm³/mol. The zero-order valence-electron chi connectivity index (χ0n) is 14.7. The Bertz CT molecular complexity index is 904. The monoisotopic (exact) mass is 393 g/mol. The van der Waals surface area contributed by atoms with Gasteiger partial charge in [0.05, 0.1) is 6.20 Å².